The number of sulfonamides is 1. The lowest BCUT2D eigenvalue weighted by Crippen LogP contribution is -2.53. The van der Waals surface area contributed by atoms with E-state index in [1.54, 1.807) is 55.5 Å². The van der Waals surface area contributed by atoms with Crippen LogP contribution in [0.3, 0.4) is 0 Å². The van der Waals surface area contributed by atoms with Crippen molar-refractivity contribution in [3.8, 4) is 11.5 Å². The highest BCUT2D eigenvalue weighted by molar-refractivity contribution is 7.92. The van der Waals surface area contributed by atoms with E-state index in [1.165, 1.54) is 29.2 Å². The second-order valence-electron chi connectivity index (χ2n) is 10.8. The minimum Gasteiger partial charge on any atom is -0.486 e. The molecule has 1 N–H and O–H groups in total. The second kappa shape index (κ2) is 13.5. The molecule has 9 nitrogen and oxygen atoms in total. The van der Waals surface area contributed by atoms with Gasteiger partial charge in [0.05, 0.1) is 10.6 Å². The van der Waals surface area contributed by atoms with Crippen molar-refractivity contribution in [2.24, 2.45) is 0 Å². The number of amides is 2. The standard InChI is InChI=1S/C32H36FN3O6S/c1-23(32(38)34-25-11-4-2-5-12-25)35(21-24-10-8-9-15-28(24)33)31(37)22-36(43(39,40)27-13-6-3-7-14-27)26-16-17-29-30(20-26)42-19-18-41-29/h3,6-10,13-17,20,23,25H,2,4-5,11-12,18-19,21-22H2,1H3,(H,34,38)/t23-/m0/s1. The Kier molecular flexibility index (Phi) is 9.49. The Morgan fingerprint density at radius 1 is 0.930 bits per heavy atom. The topological polar surface area (TPSA) is 105 Å². The number of carbonyl (C=O) groups excluding carboxylic acids is 2. The largest absolute Gasteiger partial charge is 0.486 e. The molecule has 0 bridgehead atoms. The smallest absolute Gasteiger partial charge is 0.264 e. The number of nitrogens with zero attached hydrogens (tertiary/aromatic N) is 2. The molecule has 3 aromatic rings. The number of halogens is 1. The first-order valence-corrected chi connectivity index (χ1v) is 16.0. The molecule has 1 aliphatic carbocycles. The summed E-state index contributed by atoms with van der Waals surface area (Å²) in [5, 5.41) is 3.04. The Labute approximate surface area is 251 Å². The number of fused-ring (bicyclic) bond motifs is 1. The van der Waals surface area contributed by atoms with Crippen LogP contribution in [-0.2, 0) is 26.2 Å². The maximum atomic E-state index is 14.8. The third-order valence-corrected chi connectivity index (χ3v) is 9.63. The number of rotatable bonds is 10. The van der Waals surface area contributed by atoms with Gasteiger partial charge in [-0.25, -0.2) is 12.8 Å². The van der Waals surface area contributed by atoms with Crippen LogP contribution in [-0.4, -0.2) is 57.0 Å². The van der Waals surface area contributed by atoms with Crippen molar-refractivity contribution in [2.45, 2.75) is 62.6 Å². The average Bonchev–Trinajstić information content (AvgIpc) is 3.03. The number of anilines is 1. The fourth-order valence-electron chi connectivity index (χ4n) is 5.40. The van der Waals surface area contributed by atoms with E-state index in [0.29, 0.717) is 24.7 Å². The monoisotopic (exact) mass is 609 g/mol. The molecule has 1 saturated carbocycles. The summed E-state index contributed by atoms with van der Waals surface area (Å²) in [5.41, 5.74) is 0.400. The average molecular weight is 610 g/mol. The van der Waals surface area contributed by atoms with Crippen molar-refractivity contribution in [3.63, 3.8) is 0 Å². The molecule has 0 spiro atoms. The number of ether oxygens (including phenoxy) is 2. The minimum absolute atomic E-state index is 0.00165. The molecule has 5 rings (SSSR count). The minimum atomic E-state index is -4.24. The molecule has 0 saturated heterocycles. The fraction of sp³-hybridized carbons (Fsp3) is 0.375. The van der Waals surface area contributed by atoms with Crippen LogP contribution in [0.5, 0.6) is 11.5 Å². The Balaban J connectivity index is 1.49. The van der Waals surface area contributed by atoms with Crippen molar-refractivity contribution < 1.29 is 31.9 Å². The summed E-state index contributed by atoms with van der Waals surface area (Å²) >= 11 is 0. The number of hydrogen-bond acceptors (Lipinski definition) is 6. The zero-order chi connectivity index (χ0) is 30.4. The van der Waals surface area contributed by atoms with Crippen molar-refractivity contribution in [3.05, 3.63) is 84.2 Å². The summed E-state index contributed by atoms with van der Waals surface area (Å²) in [4.78, 5) is 28.7. The van der Waals surface area contributed by atoms with Crippen molar-refractivity contribution in [2.75, 3.05) is 24.1 Å². The number of carbonyl (C=O) groups is 2. The molecule has 1 fully saturated rings. The first kappa shape index (κ1) is 30.3. The van der Waals surface area contributed by atoms with Gasteiger partial charge in [0.1, 0.15) is 31.6 Å². The van der Waals surface area contributed by atoms with Gasteiger partial charge in [0, 0.05) is 24.2 Å². The second-order valence-corrected chi connectivity index (χ2v) is 12.6. The van der Waals surface area contributed by atoms with Crippen LogP contribution in [0.1, 0.15) is 44.6 Å². The Morgan fingerprint density at radius 3 is 2.33 bits per heavy atom. The fourth-order valence-corrected chi connectivity index (χ4v) is 6.82. The third kappa shape index (κ3) is 7.10. The van der Waals surface area contributed by atoms with E-state index in [1.807, 2.05) is 0 Å². The maximum Gasteiger partial charge on any atom is 0.264 e. The number of benzene rings is 3. The first-order chi connectivity index (χ1) is 20.7. The van der Waals surface area contributed by atoms with Gasteiger partial charge in [0.2, 0.25) is 11.8 Å². The van der Waals surface area contributed by atoms with E-state index >= 15 is 0 Å². The van der Waals surface area contributed by atoms with E-state index in [4.69, 9.17) is 9.47 Å². The lowest BCUT2D eigenvalue weighted by molar-refractivity contribution is -0.139. The van der Waals surface area contributed by atoms with Gasteiger partial charge in [-0.05, 0) is 50.1 Å². The van der Waals surface area contributed by atoms with Crippen LogP contribution >= 0.6 is 0 Å². The molecular formula is C32H36FN3O6S. The molecule has 11 heteroatoms. The van der Waals surface area contributed by atoms with E-state index < -0.39 is 34.3 Å². The maximum absolute atomic E-state index is 14.8. The van der Waals surface area contributed by atoms with E-state index in [2.05, 4.69) is 5.32 Å². The van der Waals surface area contributed by atoms with Gasteiger partial charge in [0.25, 0.3) is 10.0 Å². The van der Waals surface area contributed by atoms with Crippen LogP contribution in [0.4, 0.5) is 10.1 Å². The zero-order valence-electron chi connectivity index (χ0n) is 24.1. The summed E-state index contributed by atoms with van der Waals surface area (Å²) in [6, 6.07) is 17.5. The molecule has 2 aliphatic rings. The predicted octanol–water partition coefficient (Wildman–Crippen LogP) is 4.66. The van der Waals surface area contributed by atoms with Crippen molar-refractivity contribution in [1.29, 1.82) is 0 Å². The Morgan fingerprint density at radius 2 is 1.60 bits per heavy atom. The van der Waals surface area contributed by atoms with Gasteiger partial charge in [-0.3, -0.25) is 13.9 Å². The molecule has 1 aliphatic heterocycles. The summed E-state index contributed by atoms with van der Waals surface area (Å²) < 4.78 is 55.0. The van der Waals surface area contributed by atoms with Gasteiger partial charge >= 0.3 is 0 Å². The molecule has 0 radical (unpaired) electrons. The molecule has 43 heavy (non-hydrogen) atoms. The van der Waals surface area contributed by atoms with Gasteiger partial charge < -0.3 is 19.7 Å². The van der Waals surface area contributed by atoms with E-state index in [0.717, 1.165) is 36.4 Å². The zero-order valence-corrected chi connectivity index (χ0v) is 24.9. The SMILES string of the molecule is C[C@@H](C(=O)NC1CCCCC1)N(Cc1ccccc1F)C(=O)CN(c1ccc2c(c1)OCCO2)S(=O)(=O)c1ccccc1. The summed E-state index contributed by atoms with van der Waals surface area (Å²) in [7, 11) is -4.24. The van der Waals surface area contributed by atoms with Gasteiger partial charge in [-0.2, -0.15) is 0 Å². The van der Waals surface area contributed by atoms with Crippen molar-refractivity contribution in [1.82, 2.24) is 10.2 Å². The molecule has 228 valence electrons. The predicted molar refractivity (Wildman–Crippen MR) is 160 cm³/mol. The highest BCUT2D eigenvalue weighted by Gasteiger charge is 2.34. The van der Waals surface area contributed by atoms with E-state index in [9.17, 15) is 22.4 Å². The quantitative estimate of drug-likeness (QED) is 0.359. The third-order valence-electron chi connectivity index (χ3n) is 7.84. The van der Waals surface area contributed by atoms with Crippen LogP contribution in [0.25, 0.3) is 0 Å². The van der Waals surface area contributed by atoms with Gasteiger partial charge in [-0.15, -0.1) is 0 Å². The lowest BCUT2D eigenvalue weighted by atomic mass is 9.95. The van der Waals surface area contributed by atoms with Crippen LogP contribution < -0.4 is 19.1 Å². The normalized spacial score (nSPS) is 15.8. The van der Waals surface area contributed by atoms with E-state index in [-0.39, 0.29) is 34.6 Å². The van der Waals surface area contributed by atoms with Gasteiger partial charge in [0.15, 0.2) is 11.5 Å². The van der Waals surface area contributed by atoms with Crippen LogP contribution in [0, 0.1) is 5.82 Å². The summed E-state index contributed by atoms with van der Waals surface area (Å²) in [6.45, 7) is 1.39. The number of hydrogen-bond donors (Lipinski definition) is 1. The van der Waals surface area contributed by atoms with Gasteiger partial charge in [-0.1, -0.05) is 55.7 Å². The Hall–Kier alpha value is -4.12. The van der Waals surface area contributed by atoms with Crippen molar-refractivity contribution >= 4 is 27.5 Å². The molecule has 1 atom stereocenters. The molecule has 2 amide bonds. The number of nitrogens with one attached hydrogen (secondary N) is 1. The molecular weight excluding hydrogens is 573 g/mol. The Bertz CT molecular complexity index is 1550. The van der Waals surface area contributed by atoms with Crippen LogP contribution in [0.15, 0.2) is 77.7 Å². The lowest BCUT2D eigenvalue weighted by Gasteiger charge is -2.33. The molecule has 0 unspecified atom stereocenters. The molecule has 0 aromatic heterocycles. The highest BCUT2D eigenvalue weighted by atomic mass is 32.2. The van der Waals surface area contributed by atoms with Crippen LogP contribution in [0.2, 0.25) is 0 Å². The summed E-state index contributed by atoms with van der Waals surface area (Å²) in [5.74, 6) is -0.737. The molecule has 3 aromatic carbocycles. The first-order valence-electron chi connectivity index (χ1n) is 14.5. The summed E-state index contributed by atoms with van der Waals surface area (Å²) in [6.07, 6.45) is 4.85. The molecule has 1 heterocycles. The highest BCUT2D eigenvalue weighted by Crippen LogP contribution is 2.36.